The van der Waals surface area contributed by atoms with Crippen LogP contribution < -0.4 is 10.5 Å². The Kier molecular flexibility index (Phi) is 4.70. The maximum absolute atomic E-state index is 11.9. The van der Waals surface area contributed by atoms with Crippen molar-refractivity contribution >= 4 is 15.9 Å². The van der Waals surface area contributed by atoms with Gasteiger partial charge < -0.3 is 5.32 Å². The molecule has 19 heavy (non-hydrogen) atoms. The van der Waals surface area contributed by atoms with Gasteiger partial charge in [-0.25, -0.2) is 13.6 Å². The van der Waals surface area contributed by atoms with Crippen LogP contribution in [0.3, 0.4) is 0 Å². The van der Waals surface area contributed by atoms with Crippen LogP contribution in [-0.4, -0.2) is 14.3 Å². The van der Waals surface area contributed by atoms with Crippen LogP contribution >= 0.6 is 0 Å². The van der Waals surface area contributed by atoms with Gasteiger partial charge in [-0.05, 0) is 24.1 Å². The van der Waals surface area contributed by atoms with E-state index >= 15 is 0 Å². The summed E-state index contributed by atoms with van der Waals surface area (Å²) in [5, 5.41) is 7.84. The van der Waals surface area contributed by atoms with Crippen LogP contribution in [0.15, 0.2) is 29.2 Å². The maximum atomic E-state index is 11.9. The SMILES string of the molecule is CCC(C)(C)C(=O)NCc1ccc(S(N)(=O)=O)cc1. The zero-order valence-corrected chi connectivity index (χ0v) is 12.3. The van der Waals surface area contributed by atoms with Gasteiger partial charge in [0.05, 0.1) is 4.90 Å². The second kappa shape index (κ2) is 5.71. The first kappa shape index (κ1) is 15.7. The lowest BCUT2D eigenvalue weighted by molar-refractivity contribution is -0.129. The average Bonchev–Trinajstić information content (AvgIpc) is 2.35. The molecule has 0 bridgehead atoms. The molecule has 0 radical (unpaired) electrons. The third-order valence-corrected chi connectivity index (χ3v) is 4.13. The molecule has 0 atom stereocenters. The predicted octanol–water partition coefficient (Wildman–Crippen LogP) is 1.39. The number of hydrogen-bond acceptors (Lipinski definition) is 3. The fourth-order valence-electron chi connectivity index (χ4n) is 1.38. The monoisotopic (exact) mass is 284 g/mol. The van der Waals surface area contributed by atoms with Crippen molar-refractivity contribution in [3.8, 4) is 0 Å². The number of primary sulfonamides is 1. The molecule has 1 aromatic rings. The highest BCUT2D eigenvalue weighted by molar-refractivity contribution is 7.89. The largest absolute Gasteiger partial charge is 0.352 e. The first-order valence-corrected chi connectivity index (χ1v) is 7.61. The first-order valence-electron chi connectivity index (χ1n) is 6.07. The van der Waals surface area contributed by atoms with Gasteiger partial charge >= 0.3 is 0 Å². The van der Waals surface area contributed by atoms with Crippen LogP contribution in [-0.2, 0) is 21.4 Å². The molecule has 0 saturated carbocycles. The molecule has 0 unspecified atom stereocenters. The van der Waals surface area contributed by atoms with E-state index in [1.54, 1.807) is 12.1 Å². The lowest BCUT2D eigenvalue weighted by Gasteiger charge is -2.21. The van der Waals surface area contributed by atoms with Crippen molar-refractivity contribution < 1.29 is 13.2 Å². The normalized spacial score (nSPS) is 12.2. The number of benzene rings is 1. The van der Waals surface area contributed by atoms with E-state index in [4.69, 9.17) is 5.14 Å². The van der Waals surface area contributed by atoms with Gasteiger partial charge in [-0.15, -0.1) is 0 Å². The smallest absolute Gasteiger partial charge is 0.238 e. The third kappa shape index (κ3) is 4.33. The van der Waals surface area contributed by atoms with Crippen LogP contribution in [0.4, 0.5) is 0 Å². The molecule has 106 valence electrons. The predicted molar refractivity (Wildman–Crippen MR) is 73.7 cm³/mol. The molecule has 0 aliphatic carbocycles. The van der Waals surface area contributed by atoms with Gasteiger partial charge in [0.25, 0.3) is 0 Å². The van der Waals surface area contributed by atoms with Crippen molar-refractivity contribution in [1.82, 2.24) is 5.32 Å². The number of rotatable bonds is 5. The summed E-state index contributed by atoms with van der Waals surface area (Å²) < 4.78 is 22.2. The minimum Gasteiger partial charge on any atom is -0.352 e. The number of amides is 1. The van der Waals surface area contributed by atoms with Crippen LogP contribution in [0, 0.1) is 5.41 Å². The quantitative estimate of drug-likeness (QED) is 0.856. The summed E-state index contributed by atoms with van der Waals surface area (Å²) in [6.07, 6.45) is 0.753. The summed E-state index contributed by atoms with van der Waals surface area (Å²) in [5.74, 6) is -0.0227. The highest BCUT2D eigenvalue weighted by atomic mass is 32.2. The van der Waals surface area contributed by atoms with Crippen molar-refractivity contribution in [3.05, 3.63) is 29.8 Å². The van der Waals surface area contributed by atoms with E-state index in [-0.39, 0.29) is 10.8 Å². The summed E-state index contributed by atoms with van der Waals surface area (Å²) in [5.41, 5.74) is 0.424. The first-order chi connectivity index (χ1) is 8.66. The topological polar surface area (TPSA) is 89.3 Å². The molecular weight excluding hydrogens is 264 g/mol. The Morgan fingerprint density at radius 2 is 1.79 bits per heavy atom. The Hall–Kier alpha value is -1.40. The molecule has 0 aliphatic heterocycles. The molecule has 0 fully saturated rings. The molecular formula is C13H20N2O3S. The number of sulfonamides is 1. The lowest BCUT2D eigenvalue weighted by atomic mass is 9.89. The molecule has 5 nitrogen and oxygen atoms in total. The Bertz CT molecular complexity index is 548. The Morgan fingerprint density at radius 1 is 1.26 bits per heavy atom. The molecule has 0 spiro atoms. The van der Waals surface area contributed by atoms with E-state index < -0.39 is 15.4 Å². The van der Waals surface area contributed by atoms with Crippen molar-refractivity contribution in [3.63, 3.8) is 0 Å². The average molecular weight is 284 g/mol. The van der Waals surface area contributed by atoms with Crippen molar-refractivity contribution in [2.75, 3.05) is 0 Å². The highest BCUT2D eigenvalue weighted by Crippen LogP contribution is 2.19. The molecule has 6 heteroatoms. The van der Waals surface area contributed by atoms with Crippen LogP contribution in [0.1, 0.15) is 32.8 Å². The van der Waals surface area contributed by atoms with Gasteiger partial charge in [0.1, 0.15) is 0 Å². The van der Waals surface area contributed by atoms with Crippen molar-refractivity contribution in [2.24, 2.45) is 10.6 Å². The zero-order chi connectivity index (χ0) is 14.7. The Balaban J connectivity index is 2.68. The highest BCUT2D eigenvalue weighted by Gasteiger charge is 2.24. The fourth-order valence-corrected chi connectivity index (χ4v) is 1.89. The van der Waals surface area contributed by atoms with E-state index in [1.807, 2.05) is 20.8 Å². The van der Waals surface area contributed by atoms with Gasteiger partial charge in [-0.2, -0.15) is 0 Å². The summed E-state index contributed by atoms with van der Waals surface area (Å²) in [4.78, 5) is 11.9. The second-order valence-electron chi connectivity index (χ2n) is 5.11. The van der Waals surface area contributed by atoms with Crippen molar-refractivity contribution in [1.29, 1.82) is 0 Å². The maximum Gasteiger partial charge on any atom is 0.238 e. The van der Waals surface area contributed by atoms with Gasteiger partial charge in [-0.3, -0.25) is 4.79 Å². The Morgan fingerprint density at radius 3 is 2.21 bits per heavy atom. The molecule has 0 aliphatic rings. The van der Waals surface area contributed by atoms with E-state index in [1.165, 1.54) is 12.1 Å². The number of carbonyl (C=O) groups is 1. The van der Waals surface area contributed by atoms with Crippen LogP contribution in [0.25, 0.3) is 0 Å². The molecule has 0 aromatic heterocycles. The summed E-state index contributed by atoms with van der Waals surface area (Å²) >= 11 is 0. The summed E-state index contributed by atoms with van der Waals surface area (Å²) in [7, 11) is -3.67. The van der Waals surface area contributed by atoms with Gasteiger partial charge in [0, 0.05) is 12.0 Å². The summed E-state index contributed by atoms with van der Waals surface area (Å²) in [6, 6.07) is 6.14. The summed E-state index contributed by atoms with van der Waals surface area (Å²) in [6.45, 7) is 6.09. The van der Waals surface area contributed by atoms with Gasteiger partial charge in [0.15, 0.2) is 0 Å². The standard InChI is InChI=1S/C13H20N2O3S/c1-4-13(2,3)12(16)15-9-10-5-7-11(8-6-10)19(14,17)18/h5-8H,4,9H2,1-3H3,(H,15,16)(H2,14,17,18). The number of hydrogen-bond donors (Lipinski definition) is 2. The minimum atomic E-state index is -3.67. The molecule has 1 rings (SSSR count). The zero-order valence-electron chi connectivity index (χ0n) is 11.4. The molecule has 1 aromatic carbocycles. The fraction of sp³-hybridized carbons (Fsp3) is 0.462. The number of nitrogens with two attached hydrogens (primary N) is 1. The third-order valence-electron chi connectivity index (χ3n) is 3.20. The second-order valence-corrected chi connectivity index (χ2v) is 6.67. The lowest BCUT2D eigenvalue weighted by Crippen LogP contribution is -2.35. The molecule has 1 amide bonds. The molecule has 0 heterocycles. The van der Waals surface area contributed by atoms with E-state index in [0.717, 1.165) is 12.0 Å². The molecule has 0 saturated heterocycles. The Labute approximate surface area is 114 Å². The van der Waals surface area contributed by atoms with Gasteiger partial charge in [0.2, 0.25) is 15.9 Å². The van der Waals surface area contributed by atoms with E-state index in [2.05, 4.69) is 5.32 Å². The molecule has 3 N–H and O–H groups in total. The van der Waals surface area contributed by atoms with E-state index in [0.29, 0.717) is 6.54 Å². The van der Waals surface area contributed by atoms with Gasteiger partial charge in [-0.1, -0.05) is 32.9 Å². The number of carbonyl (C=O) groups excluding carboxylic acids is 1. The minimum absolute atomic E-state index is 0.0227. The number of nitrogens with one attached hydrogen (secondary N) is 1. The van der Waals surface area contributed by atoms with Crippen molar-refractivity contribution in [2.45, 2.75) is 38.6 Å². The van der Waals surface area contributed by atoms with E-state index in [9.17, 15) is 13.2 Å². The van der Waals surface area contributed by atoms with Crippen LogP contribution in [0.5, 0.6) is 0 Å². The van der Waals surface area contributed by atoms with Crippen LogP contribution in [0.2, 0.25) is 0 Å².